The average Bonchev–Trinajstić information content (AvgIpc) is 3.28. The van der Waals surface area contributed by atoms with Crippen LogP contribution in [0.5, 0.6) is 0 Å². The van der Waals surface area contributed by atoms with Gasteiger partial charge in [0.1, 0.15) is 6.10 Å². The fraction of sp³-hybridized carbons (Fsp3) is 0.652. The fourth-order valence-electron chi connectivity index (χ4n) is 4.50. The van der Waals surface area contributed by atoms with Crippen molar-refractivity contribution in [2.75, 3.05) is 19.7 Å². The van der Waals surface area contributed by atoms with E-state index < -0.39 is 28.6 Å². The highest BCUT2D eigenvalue weighted by Crippen LogP contribution is 2.35. The van der Waals surface area contributed by atoms with Crippen molar-refractivity contribution in [3.05, 3.63) is 29.8 Å². The largest absolute Gasteiger partial charge is 0.460 e. The standard InChI is InChI=1S/C23H33NO6S/c1-16(2)20-11-6-17(3)14-21(20)30-22(25)15-29-23(26)18-7-9-19(10-8-18)31(27,28)24-12-4-5-13-24/h7-10,16-17,20-21H,4-6,11-15H2,1-3H3/t17-,20+,21+/m1/s1. The monoisotopic (exact) mass is 451 g/mol. The fourth-order valence-corrected chi connectivity index (χ4v) is 6.02. The van der Waals surface area contributed by atoms with Crippen LogP contribution in [0, 0.1) is 17.8 Å². The van der Waals surface area contributed by atoms with E-state index >= 15 is 0 Å². The van der Waals surface area contributed by atoms with Gasteiger partial charge in [-0.25, -0.2) is 18.0 Å². The maximum absolute atomic E-state index is 12.6. The first-order chi connectivity index (χ1) is 14.7. The summed E-state index contributed by atoms with van der Waals surface area (Å²) in [6.45, 7) is 7.01. The number of rotatable bonds is 7. The van der Waals surface area contributed by atoms with Gasteiger partial charge in [-0.05, 0) is 67.7 Å². The van der Waals surface area contributed by atoms with Gasteiger partial charge < -0.3 is 9.47 Å². The molecule has 1 aromatic rings. The summed E-state index contributed by atoms with van der Waals surface area (Å²) < 4.78 is 37.3. The second-order valence-electron chi connectivity index (χ2n) is 9.07. The lowest BCUT2D eigenvalue weighted by Crippen LogP contribution is -2.36. The molecule has 1 aliphatic carbocycles. The summed E-state index contributed by atoms with van der Waals surface area (Å²) in [7, 11) is -3.53. The van der Waals surface area contributed by atoms with Crippen molar-refractivity contribution in [2.24, 2.45) is 17.8 Å². The van der Waals surface area contributed by atoms with E-state index in [2.05, 4.69) is 20.8 Å². The zero-order valence-corrected chi connectivity index (χ0v) is 19.4. The number of sulfonamides is 1. The second kappa shape index (κ2) is 10.1. The normalized spacial score (nSPS) is 24.8. The van der Waals surface area contributed by atoms with E-state index in [9.17, 15) is 18.0 Å². The predicted molar refractivity (Wildman–Crippen MR) is 116 cm³/mol. The van der Waals surface area contributed by atoms with Crippen LogP contribution in [0.3, 0.4) is 0 Å². The maximum atomic E-state index is 12.6. The zero-order chi connectivity index (χ0) is 22.6. The lowest BCUT2D eigenvalue weighted by Gasteiger charge is -2.36. The Morgan fingerprint density at radius 2 is 1.74 bits per heavy atom. The first kappa shape index (κ1) is 23.7. The molecular formula is C23H33NO6S. The Bertz CT molecular complexity index is 874. The van der Waals surface area contributed by atoms with Crippen LogP contribution in [0.1, 0.15) is 63.2 Å². The molecule has 2 fully saturated rings. The summed E-state index contributed by atoms with van der Waals surface area (Å²) in [5, 5.41) is 0. The Hall–Kier alpha value is -1.93. The molecule has 0 aromatic heterocycles. The third-order valence-corrected chi connectivity index (χ3v) is 8.27. The van der Waals surface area contributed by atoms with Crippen LogP contribution < -0.4 is 0 Å². The van der Waals surface area contributed by atoms with Crippen LogP contribution in [0.4, 0.5) is 0 Å². The van der Waals surface area contributed by atoms with E-state index in [1.807, 2.05) is 0 Å². The minimum Gasteiger partial charge on any atom is -0.460 e. The molecule has 0 unspecified atom stereocenters. The summed E-state index contributed by atoms with van der Waals surface area (Å²) in [5.74, 6) is 0.0145. The van der Waals surface area contributed by atoms with E-state index in [4.69, 9.17) is 9.47 Å². The minimum absolute atomic E-state index is 0.148. The SMILES string of the molecule is CC(C)[C@@H]1CC[C@@H](C)C[C@@H]1OC(=O)COC(=O)c1ccc(S(=O)(=O)N2CCCC2)cc1. The molecule has 7 nitrogen and oxygen atoms in total. The average molecular weight is 452 g/mol. The quantitative estimate of drug-likeness (QED) is 0.588. The number of carbonyl (C=O) groups excluding carboxylic acids is 2. The van der Waals surface area contributed by atoms with Crippen molar-refractivity contribution < 1.29 is 27.5 Å². The van der Waals surface area contributed by atoms with Gasteiger partial charge in [0, 0.05) is 13.1 Å². The smallest absolute Gasteiger partial charge is 0.344 e. The van der Waals surface area contributed by atoms with Crippen LogP contribution in [0.25, 0.3) is 0 Å². The molecule has 0 radical (unpaired) electrons. The lowest BCUT2D eigenvalue weighted by atomic mass is 9.75. The first-order valence-electron chi connectivity index (χ1n) is 11.1. The van der Waals surface area contributed by atoms with E-state index in [0.717, 1.165) is 32.1 Å². The Morgan fingerprint density at radius 1 is 1.10 bits per heavy atom. The van der Waals surface area contributed by atoms with Gasteiger partial charge in [-0.15, -0.1) is 0 Å². The van der Waals surface area contributed by atoms with Crippen molar-refractivity contribution in [1.82, 2.24) is 4.31 Å². The van der Waals surface area contributed by atoms with Crippen LogP contribution in [-0.4, -0.2) is 50.5 Å². The summed E-state index contributed by atoms with van der Waals surface area (Å²) in [6.07, 6.45) is 4.56. The van der Waals surface area contributed by atoms with Gasteiger partial charge in [-0.3, -0.25) is 0 Å². The molecule has 0 amide bonds. The molecule has 0 bridgehead atoms. The molecule has 1 aliphatic heterocycles. The molecule has 2 aliphatic rings. The van der Waals surface area contributed by atoms with Gasteiger partial charge in [0.2, 0.25) is 10.0 Å². The van der Waals surface area contributed by atoms with E-state index in [0.29, 0.717) is 30.8 Å². The highest BCUT2D eigenvalue weighted by molar-refractivity contribution is 7.89. The number of ether oxygens (including phenoxy) is 2. The molecule has 1 heterocycles. The molecule has 3 rings (SSSR count). The lowest BCUT2D eigenvalue weighted by molar-refractivity contribution is -0.159. The van der Waals surface area contributed by atoms with Gasteiger partial charge in [-0.1, -0.05) is 27.2 Å². The number of nitrogens with zero attached hydrogens (tertiary/aromatic N) is 1. The molecular weight excluding hydrogens is 418 g/mol. The van der Waals surface area contributed by atoms with E-state index in [1.54, 1.807) is 0 Å². The van der Waals surface area contributed by atoms with Gasteiger partial charge in [0.25, 0.3) is 0 Å². The van der Waals surface area contributed by atoms with Gasteiger partial charge in [0.15, 0.2) is 6.61 Å². The maximum Gasteiger partial charge on any atom is 0.344 e. The molecule has 1 saturated heterocycles. The molecule has 0 spiro atoms. The van der Waals surface area contributed by atoms with Crippen molar-refractivity contribution in [3.63, 3.8) is 0 Å². The summed E-state index contributed by atoms with van der Waals surface area (Å²) in [4.78, 5) is 24.7. The number of esters is 2. The highest BCUT2D eigenvalue weighted by Gasteiger charge is 2.33. The zero-order valence-electron chi connectivity index (χ0n) is 18.6. The number of hydrogen-bond donors (Lipinski definition) is 0. The van der Waals surface area contributed by atoms with Crippen molar-refractivity contribution in [1.29, 1.82) is 0 Å². The topological polar surface area (TPSA) is 90.0 Å². The molecule has 8 heteroatoms. The molecule has 1 aromatic carbocycles. The molecule has 3 atom stereocenters. The van der Waals surface area contributed by atoms with Crippen LogP contribution in [-0.2, 0) is 24.3 Å². The van der Waals surface area contributed by atoms with Crippen LogP contribution in [0.15, 0.2) is 29.2 Å². The molecule has 172 valence electrons. The first-order valence-corrected chi connectivity index (χ1v) is 12.6. The number of hydrogen-bond acceptors (Lipinski definition) is 6. The third kappa shape index (κ3) is 5.86. The van der Waals surface area contributed by atoms with Gasteiger partial charge in [0.05, 0.1) is 10.5 Å². The predicted octanol–water partition coefficient (Wildman–Crippen LogP) is 3.63. The van der Waals surface area contributed by atoms with Crippen molar-refractivity contribution >= 4 is 22.0 Å². The van der Waals surface area contributed by atoms with Crippen molar-refractivity contribution in [3.8, 4) is 0 Å². The molecule has 31 heavy (non-hydrogen) atoms. The Balaban J connectivity index is 1.53. The third-order valence-electron chi connectivity index (χ3n) is 6.36. The Morgan fingerprint density at radius 3 is 2.35 bits per heavy atom. The minimum atomic E-state index is -3.53. The van der Waals surface area contributed by atoms with Crippen molar-refractivity contribution in [2.45, 2.75) is 63.9 Å². The summed E-state index contributed by atoms with van der Waals surface area (Å²) in [6, 6.07) is 5.63. The summed E-state index contributed by atoms with van der Waals surface area (Å²) in [5.41, 5.74) is 0.194. The van der Waals surface area contributed by atoms with Crippen LogP contribution in [0.2, 0.25) is 0 Å². The Labute approximate surface area is 185 Å². The van der Waals surface area contributed by atoms with E-state index in [-0.39, 0.29) is 16.6 Å². The number of benzene rings is 1. The van der Waals surface area contributed by atoms with Crippen LogP contribution >= 0.6 is 0 Å². The molecule has 1 saturated carbocycles. The van der Waals surface area contributed by atoms with E-state index in [1.165, 1.54) is 28.6 Å². The van der Waals surface area contributed by atoms with Gasteiger partial charge >= 0.3 is 11.9 Å². The Kier molecular flexibility index (Phi) is 7.75. The molecule has 0 N–H and O–H groups in total. The number of carbonyl (C=O) groups is 2. The highest BCUT2D eigenvalue weighted by atomic mass is 32.2. The second-order valence-corrected chi connectivity index (χ2v) is 11.0. The summed E-state index contributed by atoms with van der Waals surface area (Å²) >= 11 is 0. The van der Waals surface area contributed by atoms with Gasteiger partial charge in [-0.2, -0.15) is 4.31 Å².